The lowest BCUT2D eigenvalue weighted by atomic mass is 9.92. The molecule has 0 radical (unpaired) electrons. The van der Waals surface area contributed by atoms with E-state index in [1.54, 1.807) is 24.3 Å². The molecule has 1 aliphatic carbocycles. The fraction of sp³-hybridized carbons (Fsp3) is 0.450. The van der Waals surface area contributed by atoms with E-state index >= 15 is 0 Å². The van der Waals surface area contributed by atoms with E-state index in [0.29, 0.717) is 22.7 Å². The smallest absolute Gasteiger partial charge is 0.317 e. The van der Waals surface area contributed by atoms with Gasteiger partial charge in [0.05, 0.1) is 5.56 Å². The number of aryl methyl sites for hydroxylation is 2. The lowest BCUT2D eigenvalue weighted by molar-refractivity contribution is 0.0882. The molecular formula is C20H23F2N3O2S. The number of amides is 1. The zero-order valence-corrected chi connectivity index (χ0v) is 16.6. The van der Waals surface area contributed by atoms with E-state index in [0.717, 1.165) is 37.1 Å². The van der Waals surface area contributed by atoms with E-state index in [1.807, 2.05) is 19.9 Å². The number of aromatic nitrogens is 2. The number of carbonyl (C=O) groups excluding carboxylic acids is 1. The Morgan fingerprint density at radius 2 is 1.79 bits per heavy atom. The summed E-state index contributed by atoms with van der Waals surface area (Å²) in [6.07, 6.45) is 3.07. The first-order chi connectivity index (χ1) is 13.4. The predicted octanol–water partition coefficient (Wildman–Crippen LogP) is 4.53. The Kier molecular flexibility index (Phi) is 6.83. The Morgan fingerprint density at radius 3 is 2.43 bits per heavy atom. The van der Waals surface area contributed by atoms with Crippen molar-refractivity contribution >= 4 is 17.7 Å². The van der Waals surface area contributed by atoms with Crippen LogP contribution >= 0.6 is 11.8 Å². The maximum absolute atomic E-state index is 12.7. The first-order valence-electron chi connectivity index (χ1n) is 9.24. The van der Waals surface area contributed by atoms with Gasteiger partial charge in [0.1, 0.15) is 6.10 Å². The van der Waals surface area contributed by atoms with Crippen LogP contribution in [0.3, 0.4) is 0 Å². The monoisotopic (exact) mass is 407 g/mol. The van der Waals surface area contributed by atoms with Crippen LogP contribution < -0.4 is 10.1 Å². The molecule has 1 heterocycles. The molecule has 0 atom stereocenters. The number of hydrogen-bond donors (Lipinski definition) is 1. The van der Waals surface area contributed by atoms with Gasteiger partial charge in [0.15, 0.2) is 0 Å². The van der Waals surface area contributed by atoms with Gasteiger partial charge in [-0.1, -0.05) is 23.9 Å². The van der Waals surface area contributed by atoms with Crippen LogP contribution in [-0.2, 0) is 0 Å². The summed E-state index contributed by atoms with van der Waals surface area (Å²) in [5.41, 5.74) is 2.02. The summed E-state index contributed by atoms with van der Waals surface area (Å²) in [6, 6.07) is 8.73. The molecular weight excluding hydrogens is 384 g/mol. The first kappa shape index (κ1) is 20.5. The Bertz CT molecular complexity index is 807. The van der Waals surface area contributed by atoms with Gasteiger partial charge in [0.25, 0.3) is 11.7 Å². The molecule has 150 valence electrons. The molecule has 0 unspecified atom stereocenters. The summed E-state index contributed by atoms with van der Waals surface area (Å²) >= 11 is 0.391. The van der Waals surface area contributed by atoms with Crippen molar-refractivity contribution in [3.63, 3.8) is 0 Å². The van der Waals surface area contributed by atoms with E-state index in [2.05, 4.69) is 15.3 Å². The number of hydrogen-bond acceptors (Lipinski definition) is 5. The summed E-state index contributed by atoms with van der Waals surface area (Å²) < 4.78 is 31.3. The topological polar surface area (TPSA) is 64.1 Å². The summed E-state index contributed by atoms with van der Waals surface area (Å²) in [7, 11) is 0. The van der Waals surface area contributed by atoms with Crippen LogP contribution in [0.5, 0.6) is 6.01 Å². The number of nitrogens with zero attached hydrogens (tertiary/aromatic N) is 2. The van der Waals surface area contributed by atoms with Gasteiger partial charge >= 0.3 is 6.01 Å². The van der Waals surface area contributed by atoms with Crippen LogP contribution in [0.4, 0.5) is 8.78 Å². The lowest BCUT2D eigenvalue weighted by Gasteiger charge is -2.29. The number of nitrogens with one attached hydrogen (secondary N) is 1. The molecule has 1 aromatic carbocycles. The van der Waals surface area contributed by atoms with Crippen molar-refractivity contribution in [3.05, 3.63) is 47.3 Å². The van der Waals surface area contributed by atoms with Crippen LogP contribution in [-0.4, -0.2) is 33.8 Å². The minimum Gasteiger partial charge on any atom is -0.460 e. The second-order valence-electron chi connectivity index (χ2n) is 6.87. The van der Waals surface area contributed by atoms with E-state index in [-0.39, 0.29) is 23.6 Å². The molecule has 0 aliphatic heterocycles. The van der Waals surface area contributed by atoms with E-state index in [1.165, 1.54) is 0 Å². The molecule has 0 spiro atoms. The van der Waals surface area contributed by atoms with Gasteiger partial charge in [-0.05, 0) is 57.7 Å². The molecule has 5 nitrogen and oxygen atoms in total. The highest BCUT2D eigenvalue weighted by molar-refractivity contribution is 7.99. The van der Waals surface area contributed by atoms with Crippen LogP contribution in [0.25, 0.3) is 0 Å². The number of carbonyl (C=O) groups is 1. The standard InChI is InChI=1S/C20H23F2N3O2S/c1-12-11-13(2)24-20(23-12)27-15-9-7-14(8-10-15)25-18(26)16-5-3-4-6-17(16)28-19(21)22/h3-6,11,14-15,19H,7-10H2,1-2H3,(H,25,26). The lowest BCUT2D eigenvalue weighted by Crippen LogP contribution is -2.40. The number of ether oxygens (including phenoxy) is 1. The molecule has 1 aliphatic rings. The SMILES string of the molecule is Cc1cc(C)nc(OC2CCC(NC(=O)c3ccccc3SC(F)F)CC2)n1. The van der Waals surface area contributed by atoms with Crippen molar-refractivity contribution in [2.75, 3.05) is 0 Å². The molecule has 1 aromatic heterocycles. The highest BCUT2D eigenvalue weighted by Gasteiger charge is 2.25. The quantitative estimate of drug-likeness (QED) is 0.713. The Balaban J connectivity index is 1.54. The fourth-order valence-corrected chi connectivity index (χ4v) is 3.97. The number of benzene rings is 1. The summed E-state index contributed by atoms with van der Waals surface area (Å²) in [5.74, 6) is -2.88. The van der Waals surface area contributed by atoms with Crippen molar-refractivity contribution in [2.24, 2.45) is 0 Å². The third kappa shape index (κ3) is 5.64. The summed E-state index contributed by atoms with van der Waals surface area (Å²) in [6.45, 7) is 3.80. The molecule has 3 rings (SSSR count). The highest BCUT2D eigenvalue weighted by atomic mass is 32.2. The summed E-state index contributed by atoms with van der Waals surface area (Å²) in [4.78, 5) is 21.4. The third-order valence-electron chi connectivity index (χ3n) is 4.59. The van der Waals surface area contributed by atoms with Crippen molar-refractivity contribution in [1.29, 1.82) is 0 Å². The molecule has 1 amide bonds. The fourth-order valence-electron chi connectivity index (χ4n) is 3.34. The number of halogens is 2. The van der Waals surface area contributed by atoms with Crippen molar-refractivity contribution in [2.45, 2.75) is 62.3 Å². The highest BCUT2D eigenvalue weighted by Crippen LogP contribution is 2.29. The average molecular weight is 407 g/mol. The van der Waals surface area contributed by atoms with Gasteiger partial charge in [0.2, 0.25) is 0 Å². The molecule has 0 bridgehead atoms. The normalized spacial score (nSPS) is 19.5. The summed E-state index contributed by atoms with van der Waals surface area (Å²) in [5, 5.41) is 2.97. The maximum Gasteiger partial charge on any atom is 0.317 e. The van der Waals surface area contributed by atoms with Gasteiger partial charge < -0.3 is 10.1 Å². The second kappa shape index (κ2) is 9.32. The Morgan fingerprint density at radius 1 is 1.14 bits per heavy atom. The molecule has 1 fully saturated rings. The molecule has 8 heteroatoms. The predicted molar refractivity (Wildman–Crippen MR) is 104 cm³/mol. The minimum absolute atomic E-state index is 0.00267. The number of thioether (sulfide) groups is 1. The van der Waals surface area contributed by atoms with Crippen LogP contribution in [0, 0.1) is 13.8 Å². The van der Waals surface area contributed by atoms with Gasteiger partial charge in [-0.15, -0.1) is 0 Å². The van der Waals surface area contributed by atoms with Crippen molar-refractivity contribution < 1.29 is 18.3 Å². The van der Waals surface area contributed by atoms with Crippen LogP contribution in [0.2, 0.25) is 0 Å². The molecule has 0 saturated heterocycles. The molecule has 28 heavy (non-hydrogen) atoms. The zero-order valence-electron chi connectivity index (χ0n) is 15.8. The average Bonchev–Trinajstić information content (AvgIpc) is 2.62. The zero-order chi connectivity index (χ0) is 20.1. The minimum atomic E-state index is -2.56. The van der Waals surface area contributed by atoms with Gasteiger partial charge in [-0.25, -0.2) is 9.97 Å². The largest absolute Gasteiger partial charge is 0.460 e. The molecule has 1 N–H and O–H groups in total. The van der Waals surface area contributed by atoms with E-state index in [4.69, 9.17) is 4.74 Å². The maximum atomic E-state index is 12.7. The van der Waals surface area contributed by atoms with E-state index in [9.17, 15) is 13.6 Å². The van der Waals surface area contributed by atoms with Crippen LogP contribution in [0.15, 0.2) is 35.2 Å². The Labute approximate surface area is 167 Å². The van der Waals surface area contributed by atoms with E-state index < -0.39 is 5.76 Å². The first-order valence-corrected chi connectivity index (χ1v) is 10.1. The number of alkyl halides is 2. The third-order valence-corrected chi connectivity index (χ3v) is 5.38. The Hall–Kier alpha value is -2.22. The van der Waals surface area contributed by atoms with Gasteiger partial charge in [-0.3, -0.25) is 4.79 Å². The van der Waals surface area contributed by atoms with Gasteiger partial charge in [-0.2, -0.15) is 8.78 Å². The van der Waals surface area contributed by atoms with Crippen LogP contribution in [0.1, 0.15) is 47.4 Å². The molecule has 1 saturated carbocycles. The van der Waals surface area contributed by atoms with Crippen molar-refractivity contribution in [3.8, 4) is 6.01 Å². The number of rotatable bonds is 6. The van der Waals surface area contributed by atoms with Gasteiger partial charge in [0, 0.05) is 22.3 Å². The van der Waals surface area contributed by atoms with Crippen molar-refractivity contribution in [1.82, 2.24) is 15.3 Å². The second-order valence-corrected chi connectivity index (χ2v) is 7.90. The molecule has 2 aromatic rings.